The Balaban J connectivity index is 0. The Hall–Kier alpha value is -0.780. The van der Waals surface area contributed by atoms with E-state index in [0.717, 1.165) is 0 Å². The molecule has 0 N–H and O–H groups in total. The van der Waals surface area contributed by atoms with Crippen molar-refractivity contribution >= 4 is 0 Å². The maximum Gasteiger partial charge on any atom is -0.0213 e. The maximum atomic E-state index is 2.28. The molecule has 0 unspecified atom stereocenters. The summed E-state index contributed by atoms with van der Waals surface area (Å²) < 4.78 is 0. The van der Waals surface area contributed by atoms with Crippen LogP contribution in [0.1, 0.15) is 89.5 Å². The van der Waals surface area contributed by atoms with Crippen molar-refractivity contribution in [3.63, 3.8) is 0 Å². The molecule has 0 amide bonds. The Morgan fingerprint density at radius 2 is 1.17 bits per heavy atom. The molecule has 18 heavy (non-hydrogen) atoms. The molecule has 1 aromatic rings. The summed E-state index contributed by atoms with van der Waals surface area (Å²) >= 11 is 0. The average Bonchev–Trinajstić information content (AvgIpc) is 2.33. The zero-order chi connectivity index (χ0) is 14.9. The lowest BCUT2D eigenvalue weighted by Crippen LogP contribution is -2.01. The van der Waals surface area contributed by atoms with Gasteiger partial charge in [0.1, 0.15) is 0 Å². The van der Waals surface area contributed by atoms with Gasteiger partial charge in [0.15, 0.2) is 0 Å². The first-order chi connectivity index (χ1) is 8.45. The molecule has 0 nitrogen and oxygen atoms in total. The zero-order valence-corrected chi connectivity index (χ0v) is 14.3. The van der Waals surface area contributed by atoms with Gasteiger partial charge in [0.25, 0.3) is 0 Å². The first-order valence-corrected chi connectivity index (χ1v) is 7.55. The van der Waals surface area contributed by atoms with Gasteiger partial charge in [0, 0.05) is 0 Å². The number of hydrogen-bond donors (Lipinski definition) is 0. The van der Waals surface area contributed by atoms with Gasteiger partial charge in [-0.1, -0.05) is 67.5 Å². The summed E-state index contributed by atoms with van der Waals surface area (Å²) in [5.74, 6) is 1.27. The van der Waals surface area contributed by atoms with Crippen LogP contribution < -0.4 is 0 Å². The lowest BCUT2D eigenvalue weighted by atomic mass is 9.87. The minimum Gasteiger partial charge on any atom is -0.0683 e. The van der Waals surface area contributed by atoms with E-state index in [2.05, 4.69) is 53.7 Å². The molecule has 1 aromatic carbocycles. The minimum atomic E-state index is 0.632. The van der Waals surface area contributed by atoms with Crippen molar-refractivity contribution in [2.75, 3.05) is 0 Å². The summed E-state index contributed by atoms with van der Waals surface area (Å²) in [6, 6.07) is 4.54. The number of benzene rings is 1. The average molecular weight is 250 g/mol. The first-order valence-electron chi connectivity index (χ1n) is 7.55. The molecule has 0 aliphatic heterocycles. The van der Waals surface area contributed by atoms with Gasteiger partial charge in [-0.25, -0.2) is 0 Å². The summed E-state index contributed by atoms with van der Waals surface area (Å²) in [4.78, 5) is 0. The monoisotopic (exact) mass is 250 g/mol. The second kappa shape index (κ2) is 10.2. The van der Waals surface area contributed by atoms with Gasteiger partial charge in [-0.15, -0.1) is 0 Å². The topological polar surface area (TPSA) is 0 Å². The molecule has 0 saturated heterocycles. The van der Waals surface area contributed by atoms with Crippen molar-refractivity contribution in [1.82, 2.24) is 0 Å². The zero-order valence-electron chi connectivity index (χ0n) is 14.3. The molecule has 0 aromatic heterocycles. The highest BCUT2D eigenvalue weighted by molar-refractivity contribution is 5.42. The molecular weight excluding hydrogens is 216 g/mol. The van der Waals surface area contributed by atoms with E-state index >= 15 is 0 Å². The van der Waals surface area contributed by atoms with Crippen LogP contribution in [-0.4, -0.2) is 0 Å². The van der Waals surface area contributed by atoms with Gasteiger partial charge < -0.3 is 0 Å². The van der Waals surface area contributed by atoms with Gasteiger partial charge in [0.05, 0.1) is 0 Å². The third-order valence-corrected chi connectivity index (χ3v) is 2.97. The fourth-order valence-corrected chi connectivity index (χ4v) is 2.39. The van der Waals surface area contributed by atoms with E-state index in [4.69, 9.17) is 0 Å². The number of aryl methyl sites for hydroxylation is 1. The van der Waals surface area contributed by atoms with Crippen LogP contribution in [0.4, 0.5) is 0 Å². The van der Waals surface area contributed by atoms with E-state index in [0.29, 0.717) is 11.8 Å². The van der Waals surface area contributed by atoms with Crippen molar-refractivity contribution < 1.29 is 0 Å². The largest absolute Gasteiger partial charge is 0.0683 e. The third-order valence-electron chi connectivity index (χ3n) is 2.97. The molecule has 0 aliphatic rings. The Morgan fingerprint density at radius 3 is 1.50 bits per heavy atom. The Bertz CT molecular complexity index is 319. The van der Waals surface area contributed by atoms with Gasteiger partial charge in [0.2, 0.25) is 0 Å². The van der Waals surface area contributed by atoms with Gasteiger partial charge >= 0.3 is 0 Å². The Morgan fingerprint density at radius 1 is 0.722 bits per heavy atom. The van der Waals surface area contributed by atoms with E-state index in [9.17, 15) is 0 Å². The van der Waals surface area contributed by atoms with Crippen molar-refractivity contribution in [3.05, 3.63) is 34.4 Å². The molecule has 0 spiro atoms. The molecule has 0 fully saturated rings. The highest BCUT2D eigenvalue weighted by atomic mass is 14.2. The third kappa shape index (κ3) is 5.25. The smallest absolute Gasteiger partial charge is 0.0213 e. The molecular formula is C18H34. The predicted molar refractivity (Wildman–Crippen MR) is 86.8 cm³/mol. The summed E-state index contributed by atoms with van der Waals surface area (Å²) in [7, 11) is 0. The normalized spacial score (nSPS) is 9.56. The first kappa shape index (κ1) is 19.6. The molecule has 0 saturated carbocycles. The highest BCUT2D eigenvalue weighted by Crippen LogP contribution is 2.29. The second-order valence-electron chi connectivity index (χ2n) is 4.82. The van der Waals surface area contributed by atoms with E-state index in [1.54, 1.807) is 0 Å². The lowest BCUT2D eigenvalue weighted by molar-refractivity contribution is 0.810. The molecule has 0 heterocycles. The molecule has 106 valence electrons. The molecule has 0 heteroatoms. The lowest BCUT2D eigenvalue weighted by Gasteiger charge is -2.19. The van der Waals surface area contributed by atoms with Crippen LogP contribution in [-0.2, 0) is 0 Å². The van der Waals surface area contributed by atoms with E-state index in [1.807, 2.05) is 27.7 Å². The summed E-state index contributed by atoms with van der Waals surface area (Å²) in [6.07, 6.45) is 0. The van der Waals surface area contributed by atoms with Crippen LogP contribution in [0.2, 0.25) is 0 Å². The Kier molecular flexibility index (Phi) is 11.1. The molecule has 1 rings (SSSR count). The molecule has 0 radical (unpaired) electrons. The number of hydrogen-bond acceptors (Lipinski definition) is 0. The number of rotatable bonds is 2. The highest BCUT2D eigenvalue weighted by Gasteiger charge is 2.12. The van der Waals surface area contributed by atoms with Crippen molar-refractivity contribution in [3.8, 4) is 0 Å². The van der Waals surface area contributed by atoms with Crippen molar-refractivity contribution in [2.45, 2.75) is 81.1 Å². The van der Waals surface area contributed by atoms with Crippen LogP contribution in [0.15, 0.2) is 12.1 Å². The van der Waals surface area contributed by atoms with Crippen LogP contribution in [0.5, 0.6) is 0 Å². The van der Waals surface area contributed by atoms with Crippen molar-refractivity contribution in [2.24, 2.45) is 0 Å². The van der Waals surface area contributed by atoms with Crippen LogP contribution in [0, 0.1) is 13.8 Å². The summed E-state index contributed by atoms with van der Waals surface area (Å²) in [5, 5.41) is 0. The summed E-state index contributed by atoms with van der Waals surface area (Å²) in [5.41, 5.74) is 5.97. The predicted octanol–water partition coefficient (Wildman–Crippen LogP) is 6.60. The maximum absolute atomic E-state index is 2.28. The molecule has 0 atom stereocenters. The standard InChI is InChI=1S/C14H22.2C2H6/c1-9(2)13-8-7-11(5)14(10(3)4)12(13)6;2*1-2/h7-10H,1-6H3;2*1-2H3. The van der Waals surface area contributed by atoms with Crippen LogP contribution >= 0.6 is 0 Å². The van der Waals surface area contributed by atoms with E-state index in [-0.39, 0.29) is 0 Å². The SMILES string of the molecule is CC.CC.Cc1ccc(C(C)C)c(C)c1C(C)C. The fraction of sp³-hybridized carbons (Fsp3) is 0.667. The van der Waals surface area contributed by atoms with Crippen LogP contribution in [0.3, 0.4) is 0 Å². The molecule has 0 bridgehead atoms. The van der Waals surface area contributed by atoms with E-state index < -0.39 is 0 Å². The van der Waals surface area contributed by atoms with Crippen molar-refractivity contribution in [1.29, 1.82) is 0 Å². The van der Waals surface area contributed by atoms with Gasteiger partial charge in [-0.2, -0.15) is 0 Å². The summed E-state index contributed by atoms with van der Waals surface area (Å²) in [6.45, 7) is 21.6. The van der Waals surface area contributed by atoms with Gasteiger partial charge in [-0.3, -0.25) is 0 Å². The quantitative estimate of drug-likeness (QED) is 0.554. The van der Waals surface area contributed by atoms with Gasteiger partial charge in [-0.05, 0) is 47.9 Å². The minimum absolute atomic E-state index is 0.632. The fourth-order valence-electron chi connectivity index (χ4n) is 2.39. The molecule has 0 aliphatic carbocycles. The van der Waals surface area contributed by atoms with Crippen LogP contribution in [0.25, 0.3) is 0 Å². The van der Waals surface area contributed by atoms with E-state index in [1.165, 1.54) is 22.3 Å². The second-order valence-corrected chi connectivity index (χ2v) is 4.82. The Labute approximate surface area is 116 Å².